The number of nitrogens with zero attached hydrogens (tertiary/aromatic N) is 1. The zero-order valence-corrected chi connectivity index (χ0v) is 12.3. The number of rotatable bonds is 8. The van der Waals surface area contributed by atoms with Crippen LogP contribution in [0.5, 0.6) is 0 Å². The lowest BCUT2D eigenvalue weighted by Crippen LogP contribution is -2.30. The highest BCUT2D eigenvalue weighted by atomic mass is 16.4. The SMILES string of the molecule is NC(CCCCN(C=O)c1ccc2ccccc2c1)C(=O)O. The second kappa shape index (κ2) is 7.56. The van der Waals surface area contributed by atoms with Gasteiger partial charge in [-0.05, 0) is 42.2 Å². The number of fused-ring (bicyclic) bond motifs is 1. The molecule has 22 heavy (non-hydrogen) atoms. The number of carbonyl (C=O) groups excluding carboxylic acids is 1. The Morgan fingerprint density at radius 3 is 2.59 bits per heavy atom. The van der Waals surface area contributed by atoms with E-state index >= 15 is 0 Å². The van der Waals surface area contributed by atoms with Crippen LogP contribution in [0.15, 0.2) is 42.5 Å². The van der Waals surface area contributed by atoms with Gasteiger partial charge in [-0.3, -0.25) is 9.59 Å². The number of hydrogen-bond acceptors (Lipinski definition) is 3. The molecule has 0 aliphatic heterocycles. The predicted molar refractivity (Wildman–Crippen MR) is 86.8 cm³/mol. The molecule has 3 N–H and O–H groups in total. The van der Waals surface area contributed by atoms with Crippen molar-refractivity contribution >= 4 is 28.8 Å². The van der Waals surface area contributed by atoms with E-state index in [0.717, 1.165) is 22.9 Å². The number of carboxylic acids is 1. The molecule has 0 aliphatic rings. The minimum atomic E-state index is -0.984. The highest BCUT2D eigenvalue weighted by molar-refractivity contribution is 5.88. The summed E-state index contributed by atoms with van der Waals surface area (Å²) < 4.78 is 0. The van der Waals surface area contributed by atoms with Crippen molar-refractivity contribution in [3.05, 3.63) is 42.5 Å². The summed E-state index contributed by atoms with van der Waals surface area (Å²) in [4.78, 5) is 23.6. The summed E-state index contributed by atoms with van der Waals surface area (Å²) in [5.41, 5.74) is 6.30. The Balaban J connectivity index is 1.95. The van der Waals surface area contributed by atoms with Gasteiger partial charge >= 0.3 is 5.97 Å². The molecule has 2 aromatic carbocycles. The van der Waals surface area contributed by atoms with Gasteiger partial charge in [0, 0.05) is 12.2 Å². The molecular weight excluding hydrogens is 280 g/mol. The smallest absolute Gasteiger partial charge is 0.320 e. The average molecular weight is 300 g/mol. The van der Waals surface area contributed by atoms with Crippen LogP contribution in [-0.2, 0) is 9.59 Å². The van der Waals surface area contributed by atoms with Gasteiger partial charge in [0.2, 0.25) is 6.41 Å². The monoisotopic (exact) mass is 300 g/mol. The maximum atomic E-state index is 11.3. The summed E-state index contributed by atoms with van der Waals surface area (Å²) in [5, 5.41) is 10.9. The van der Waals surface area contributed by atoms with Crippen molar-refractivity contribution in [3.8, 4) is 0 Å². The lowest BCUT2D eigenvalue weighted by molar-refractivity contribution is -0.138. The van der Waals surface area contributed by atoms with E-state index < -0.39 is 12.0 Å². The van der Waals surface area contributed by atoms with Gasteiger partial charge in [-0.2, -0.15) is 0 Å². The van der Waals surface area contributed by atoms with E-state index in [2.05, 4.69) is 0 Å². The molecule has 0 fully saturated rings. The van der Waals surface area contributed by atoms with Crippen molar-refractivity contribution in [2.24, 2.45) is 5.73 Å². The van der Waals surface area contributed by atoms with Crippen LogP contribution in [0, 0.1) is 0 Å². The van der Waals surface area contributed by atoms with Gasteiger partial charge in [0.1, 0.15) is 6.04 Å². The normalized spacial score (nSPS) is 12.0. The standard InChI is InChI=1S/C17H20N2O3/c18-16(17(21)22)7-3-4-10-19(12-20)15-9-8-13-5-1-2-6-14(13)11-15/h1-2,5-6,8-9,11-12,16H,3-4,7,10,18H2,(H,21,22). The van der Waals surface area contributed by atoms with Crippen molar-refractivity contribution in [2.45, 2.75) is 25.3 Å². The Morgan fingerprint density at radius 2 is 1.91 bits per heavy atom. The molecule has 0 saturated heterocycles. The Kier molecular flexibility index (Phi) is 5.49. The van der Waals surface area contributed by atoms with Gasteiger partial charge in [-0.15, -0.1) is 0 Å². The molecule has 5 heteroatoms. The van der Waals surface area contributed by atoms with Crippen LogP contribution in [0.4, 0.5) is 5.69 Å². The Bertz CT molecular complexity index is 657. The molecule has 0 spiro atoms. The number of carboxylic acid groups (broad SMARTS) is 1. The fourth-order valence-corrected chi connectivity index (χ4v) is 2.37. The number of benzene rings is 2. The van der Waals surface area contributed by atoms with Crippen LogP contribution in [-0.4, -0.2) is 30.1 Å². The predicted octanol–water partition coefficient (Wildman–Crippen LogP) is 2.38. The molecule has 0 radical (unpaired) electrons. The number of anilines is 1. The number of unbranched alkanes of at least 4 members (excludes halogenated alkanes) is 1. The van der Waals surface area contributed by atoms with E-state index in [0.29, 0.717) is 25.8 Å². The van der Waals surface area contributed by atoms with E-state index in [1.54, 1.807) is 4.90 Å². The van der Waals surface area contributed by atoms with Crippen LogP contribution in [0.1, 0.15) is 19.3 Å². The summed E-state index contributed by atoms with van der Waals surface area (Å²) >= 11 is 0. The third-order valence-corrected chi connectivity index (χ3v) is 3.67. The first-order valence-electron chi connectivity index (χ1n) is 7.31. The molecule has 2 aromatic rings. The summed E-state index contributed by atoms with van der Waals surface area (Å²) in [5.74, 6) is -0.984. The molecule has 0 aliphatic carbocycles. The number of nitrogens with two attached hydrogens (primary N) is 1. The third kappa shape index (κ3) is 4.05. The van der Waals surface area contributed by atoms with Crippen LogP contribution >= 0.6 is 0 Å². The maximum absolute atomic E-state index is 11.3. The van der Waals surface area contributed by atoms with Crippen molar-refractivity contribution in [1.82, 2.24) is 0 Å². The first-order valence-corrected chi connectivity index (χ1v) is 7.31. The fraction of sp³-hybridized carbons (Fsp3) is 0.294. The summed E-state index contributed by atoms with van der Waals surface area (Å²) in [6, 6.07) is 13.0. The largest absolute Gasteiger partial charge is 0.480 e. The van der Waals surface area contributed by atoms with E-state index in [4.69, 9.17) is 10.8 Å². The maximum Gasteiger partial charge on any atom is 0.320 e. The van der Waals surface area contributed by atoms with E-state index in [1.807, 2.05) is 42.5 Å². The summed E-state index contributed by atoms with van der Waals surface area (Å²) in [7, 11) is 0. The van der Waals surface area contributed by atoms with Crippen molar-refractivity contribution in [2.75, 3.05) is 11.4 Å². The second-order valence-electron chi connectivity index (χ2n) is 5.27. The topological polar surface area (TPSA) is 83.6 Å². The molecule has 0 bridgehead atoms. The number of carbonyl (C=O) groups is 2. The summed E-state index contributed by atoms with van der Waals surface area (Å²) in [6.07, 6.45) is 2.61. The molecule has 5 nitrogen and oxygen atoms in total. The molecule has 1 atom stereocenters. The lowest BCUT2D eigenvalue weighted by atomic mass is 10.1. The molecular formula is C17H20N2O3. The molecule has 1 unspecified atom stereocenters. The first kappa shape index (κ1) is 16.0. The van der Waals surface area contributed by atoms with E-state index in [1.165, 1.54) is 0 Å². The highest BCUT2D eigenvalue weighted by Gasteiger charge is 2.11. The Hall–Kier alpha value is -2.40. The van der Waals surface area contributed by atoms with E-state index in [9.17, 15) is 9.59 Å². The van der Waals surface area contributed by atoms with Crippen molar-refractivity contribution in [1.29, 1.82) is 0 Å². The van der Waals surface area contributed by atoms with Crippen molar-refractivity contribution in [3.63, 3.8) is 0 Å². The minimum absolute atomic E-state index is 0.416. The first-order chi connectivity index (χ1) is 10.6. The molecule has 0 aromatic heterocycles. The van der Waals surface area contributed by atoms with Gasteiger partial charge in [-0.25, -0.2) is 0 Å². The Labute approximate surface area is 129 Å². The molecule has 116 valence electrons. The fourth-order valence-electron chi connectivity index (χ4n) is 2.37. The number of aliphatic carboxylic acids is 1. The highest BCUT2D eigenvalue weighted by Crippen LogP contribution is 2.21. The van der Waals surface area contributed by atoms with Crippen LogP contribution < -0.4 is 10.6 Å². The Morgan fingerprint density at radius 1 is 1.18 bits per heavy atom. The lowest BCUT2D eigenvalue weighted by Gasteiger charge is -2.18. The number of hydrogen-bond donors (Lipinski definition) is 2. The third-order valence-electron chi connectivity index (χ3n) is 3.67. The average Bonchev–Trinajstić information content (AvgIpc) is 2.54. The zero-order valence-electron chi connectivity index (χ0n) is 12.3. The summed E-state index contributed by atoms with van der Waals surface area (Å²) in [6.45, 7) is 0.550. The van der Waals surface area contributed by atoms with E-state index in [-0.39, 0.29) is 0 Å². The minimum Gasteiger partial charge on any atom is -0.480 e. The van der Waals surface area contributed by atoms with Crippen molar-refractivity contribution < 1.29 is 14.7 Å². The molecule has 0 heterocycles. The molecule has 0 saturated carbocycles. The molecule has 2 rings (SSSR count). The van der Waals surface area contributed by atoms with Gasteiger partial charge in [-0.1, -0.05) is 30.3 Å². The zero-order chi connectivity index (χ0) is 15.9. The second-order valence-corrected chi connectivity index (χ2v) is 5.27. The quantitative estimate of drug-likeness (QED) is 0.579. The van der Waals surface area contributed by atoms with Gasteiger partial charge < -0.3 is 15.7 Å². The van der Waals surface area contributed by atoms with Crippen LogP contribution in [0.3, 0.4) is 0 Å². The van der Waals surface area contributed by atoms with Gasteiger partial charge in [0.05, 0.1) is 0 Å². The van der Waals surface area contributed by atoms with Crippen LogP contribution in [0.2, 0.25) is 0 Å². The van der Waals surface area contributed by atoms with Crippen LogP contribution in [0.25, 0.3) is 10.8 Å². The van der Waals surface area contributed by atoms with Gasteiger partial charge in [0.15, 0.2) is 0 Å². The van der Waals surface area contributed by atoms with Gasteiger partial charge in [0.25, 0.3) is 0 Å². The molecule has 1 amide bonds. The number of amides is 1.